The van der Waals surface area contributed by atoms with Crippen molar-refractivity contribution in [1.29, 1.82) is 0 Å². The van der Waals surface area contributed by atoms with Gasteiger partial charge in [-0.1, -0.05) is 31.7 Å². The van der Waals surface area contributed by atoms with E-state index in [4.69, 9.17) is 9.47 Å². The van der Waals surface area contributed by atoms with Gasteiger partial charge in [0, 0.05) is 22.8 Å². The normalized spacial score (nSPS) is 33.4. The molecule has 0 aromatic heterocycles. The summed E-state index contributed by atoms with van der Waals surface area (Å²) in [5, 5.41) is 20.0. The van der Waals surface area contributed by atoms with E-state index in [2.05, 4.69) is 6.58 Å². The van der Waals surface area contributed by atoms with E-state index in [1.807, 2.05) is 13.0 Å². The standard InChI is InChI=1S/C23H26O6/c1-13-17-9-10-23(2)18(25)8-5-15(20(23)21(17)29-22(13)27)12-28-19(26)11-14-3-6-16(24)7-4-14/h3-7,17-18,20-21,24-25H,1,8-12H2,2H3. The summed E-state index contributed by atoms with van der Waals surface area (Å²) >= 11 is 0. The monoisotopic (exact) mass is 398 g/mol. The van der Waals surface area contributed by atoms with Crippen molar-refractivity contribution in [2.75, 3.05) is 6.61 Å². The number of phenols is 1. The number of aliphatic hydroxyl groups is 1. The Bertz CT molecular complexity index is 870. The number of phenolic OH excluding ortho intramolecular Hbond substituents is 1. The van der Waals surface area contributed by atoms with Gasteiger partial charge in [-0.25, -0.2) is 4.79 Å². The predicted molar refractivity (Wildman–Crippen MR) is 105 cm³/mol. The first-order chi connectivity index (χ1) is 13.8. The van der Waals surface area contributed by atoms with Crippen LogP contribution in [-0.4, -0.2) is 41.0 Å². The van der Waals surface area contributed by atoms with Gasteiger partial charge >= 0.3 is 11.9 Å². The zero-order valence-corrected chi connectivity index (χ0v) is 16.5. The topological polar surface area (TPSA) is 93.1 Å². The zero-order chi connectivity index (χ0) is 20.8. The molecule has 154 valence electrons. The highest BCUT2D eigenvalue weighted by molar-refractivity contribution is 5.91. The highest BCUT2D eigenvalue weighted by atomic mass is 16.6. The summed E-state index contributed by atoms with van der Waals surface area (Å²) < 4.78 is 11.2. The van der Waals surface area contributed by atoms with Crippen LogP contribution in [0.4, 0.5) is 0 Å². The molecule has 2 aliphatic carbocycles. The Morgan fingerprint density at radius 2 is 2.07 bits per heavy atom. The molecule has 1 aliphatic heterocycles. The maximum atomic E-state index is 12.3. The SMILES string of the molecule is C=C1C(=O)OC2C1CCC1(C)C(O)CC=C(COC(=O)Cc3ccc(O)cc3)C21. The second-order valence-electron chi connectivity index (χ2n) is 8.56. The first-order valence-corrected chi connectivity index (χ1v) is 10.00. The molecule has 29 heavy (non-hydrogen) atoms. The summed E-state index contributed by atoms with van der Waals surface area (Å²) in [6.07, 6.45) is 3.13. The number of ether oxygens (including phenoxy) is 2. The molecule has 0 amide bonds. The van der Waals surface area contributed by atoms with Gasteiger partial charge in [0.1, 0.15) is 18.5 Å². The van der Waals surface area contributed by atoms with E-state index < -0.39 is 11.5 Å². The van der Waals surface area contributed by atoms with Gasteiger partial charge in [-0.05, 0) is 42.5 Å². The number of hydrogen-bond acceptors (Lipinski definition) is 6. The van der Waals surface area contributed by atoms with Gasteiger partial charge < -0.3 is 19.7 Å². The van der Waals surface area contributed by atoms with Crippen molar-refractivity contribution < 1.29 is 29.3 Å². The molecule has 6 nitrogen and oxygen atoms in total. The maximum absolute atomic E-state index is 12.3. The van der Waals surface area contributed by atoms with E-state index in [1.165, 1.54) is 12.1 Å². The molecule has 1 aromatic carbocycles. The third-order valence-corrected chi connectivity index (χ3v) is 6.83. The summed E-state index contributed by atoms with van der Waals surface area (Å²) in [5.74, 6) is -0.846. The molecule has 6 heteroatoms. The minimum Gasteiger partial charge on any atom is -0.508 e. The average molecular weight is 398 g/mol. The quantitative estimate of drug-likeness (QED) is 0.460. The Morgan fingerprint density at radius 3 is 2.79 bits per heavy atom. The van der Waals surface area contributed by atoms with Crippen LogP contribution in [0.3, 0.4) is 0 Å². The number of carbonyl (C=O) groups is 2. The molecule has 0 radical (unpaired) electrons. The second-order valence-corrected chi connectivity index (χ2v) is 8.56. The number of hydrogen-bond donors (Lipinski definition) is 2. The molecule has 1 saturated heterocycles. The van der Waals surface area contributed by atoms with E-state index in [1.54, 1.807) is 12.1 Å². The van der Waals surface area contributed by atoms with Crippen molar-refractivity contribution in [3.05, 3.63) is 53.6 Å². The number of benzene rings is 1. The molecule has 4 rings (SSSR count). The van der Waals surface area contributed by atoms with E-state index in [0.717, 1.165) is 24.0 Å². The molecule has 2 fully saturated rings. The van der Waals surface area contributed by atoms with Crippen molar-refractivity contribution in [3.63, 3.8) is 0 Å². The Hall–Kier alpha value is -2.60. The van der Waals surface area contributed by atoms with E-state index >= 15 is 0 Å². The minimum absolute atomic E-state index is 0.0537. The molecule has 1 saturated carbocycles. The van der Waals surface area contributed by atoms with Crippen molar-refractivity contribution in [2.45, 2.75) is 44.8 Å². The summed E-state index contributed by atoms with van der Waals surface area (Å²) in [6, 6.07) is 6.42. The van der Waals surface area contributed by atoms with E-state index in [0.29, 0.717) is 12.0 Å². The Morgan fingerprint density at radius 1 is 1.34 bits per heavy atom. The lowest BCUT2D eigenvalue weighted by molar-refractivity contribution is -0.152. The molecule has 0 spiro atoms. The Kier molecular flexibility index (Phi) is 4.99. The molecule has 1 aromatic rings. The fraction of sp³-hybridized carbons (Fsp3) is 0.478. The van der Waals surface area contributed by atoms with Crippen molar-refractivity contribution >= 4 is 11.9 Å². The van der Waals surface area contributed by atoms with Gasteiger partial charge in [0.05, 0.1) is 12.5 Å². The summed E-state index contributed by atoms with van der Waals surface area (Å²) in [4.78, 5) is 24.4. The van der Waals surface area contributed by atoms with Crippen molar-refractivity contribution in [1.82, 2.24) is 0 Å². The lowest BCUT2D eigenvalue weighted by Crippen LogP contribution is -2.53. The molecular weight excluding hydrogens is 372 g/mol. The van der Waals surface area contributed by atoms with Gasteiger partial charge in [-0.3, -0.25) is 4.79 Å². The van der Waals surface area contributed by atoms with E-state index in [-0.39, 0.29) is 48.7 Å². The van der Waals surface area contributed by atoms with Gasteiger partial charge in [0.2, 0.25) is 0 Å². The van der Waals surface area contributed by atoms with Crippen LogP contribution >= 0.6 is 0 Å². The molecular formula is C23H26O6. The summed E-state index contributed by atoms with van der Waals surface area (Å²) in [6.45, 7) is 6.03. The maximum Gasteiger partial charge on any atom is 0.334 e. The van der Waals surface area contributed by atoms with Crippen LogP contribution in [-0.2, 0) is 25.5 Å². The van der Waals surface area contributed by atoms with Crippen molar-refractivity contribution in [2.24, 2.45) is 17.3 Å². The van der Waals surface area contributed by atoms with Crippen LogP contribution in [0.2, 0.25) is 0 Å². The third kappa shape index (κ3) is 3.46. The number of rotatable bonds is 4. The molecule has 5 atom stereocenters. The predicted octanol–water partition coefficient (Wildman–Crippen LogP) is 2.68. The molecule has 3 aliphatic rings. The number of fused-ring (bicyclic) bond motifs is 3. The minimum atomic E-state index is -0.530. The number of aromatic hydroxyl groups is 1. The zero-order valence-electron chi connectivity index (χ0n) is 16.5. The smallest absolute Gasteiger partial charge is 0.334 e. The van der Waals surface area contributed by atoms with Crippen LogP contribution < -0.4 is 0 Å². The average Bonchev–Trinajstić information content (AvgIpc) is 2.97. The molecule has 0 bridgehead atoms. The van der Waals surface area contributed by atoms with Crippen LogP contribution in [0.15, 0.2) is 48.1 Å². The van der Waals surface area contributed by atoms with Gasteiger partial charge in [0.15, 0.2) is 0 Å². The highest BCUT2D eigenvalue weighted by Crippen LogP contribution is 2.56. The number of carbonyl (C=O) groups excluding carboxylic acids is 2. The lowest BCUT2D eigenvalue weighted by Gasteiger charge is -2.51. The first-order valence-electron chi connectivity index (χ1n) is 10.00. The van der Waals surface area contributed by atoms with Gasteiger partial charge in [-0.15, -0.1) is 0 Å². The van der Waals surface area contributed by atoms with E-state index in [9.17, 15) is 19.8 Å². The Balaban J connectivity index is 1.49. The van der Waals surface area contributed by atoms with Gasteiger partial charge in [0.25, 0.3) is 0 Å². The van der Waals surface area contributed by atoms with Crippen LogP contribution in [0.25, 0.3) is 0 Å². The molecule has 5 unspecified atom stereocenters. The van der Waals surface area contributed by atoms with Crippen molar-refractivity contribution in [3.8, 4) is 5.75 Å². The first kappa shape index (κ1) is 19.7. The van der Waals surface area contributed by atoms with Gasteiger partial charge in [-0.2, -0.15) is 0 Å². The largest absolute Gasteiger partial charge is 0.508 e. The summed E-state index contributed by atoms with van der Waals surface area (Å²) in [7, 11) is 0. The number of esters is 2. The second kappa shape index (κ2) is 7.34. The van der Waals surface area contributed by atoms with Crippen LogP contribution in [0.5, 0.6) is 5.75 Å². The van der Waals surface area contributed by atoms with Crippen LogP contribution in [0, 0.1) is 17.3 Å². The highest BCUT2D eigenvalue weighted by Gasteiger charge is 2.58. The lowest BCUT2D eigenvalue weighted by atomic mass is 9.55. The number of aliphatic hydroxyl groups excluding tert-OH is 1. The molecule has 1 heterocycles. The van der Waals surface area contributed by atoms with Crippen LogP contribution in [0.1, 0.15) is 31.7 Å². The third-order valence-electron chi connectivity index (χ3n) is 6.83. The Labute approximate surface area is 169 Å². The molecule has 2 N–H and O–H groups in total. The fourth-order valence-electron chi connectivity index (χ4n) is 5.08. The summed E-state index contributed by atoms with van der Waals surface area (Å²) in [5.41, 5.74) is 1.72. The fourth-order valence-corrected chi connectivity index (χ4v) is 5.08.